The van der Waals surface area contributed by atoms with Crippen LogP contribution < -0.4 is 10.6 Å². The van der Waals surface area contributed by atoms with Crippen molar-refractivity contribution in [3.63, 3.8) is 0 Å². The van der Waals surface area contributed by atoms with Crippen molar-refractivity contribution in [2.45, 2.75) is 26.4 Å². The number of carbonyl (C=O) groups excluding carboxylic acids is 2. The highest BCUT2D eigenvalue weighted by atomic mass is 16.2. The number of para-hydroxylation sites is 2. The fourth-order valence-electron chi connectivity index (χ4n) is 3.10. The zero-order valence-corrected chi connectivity index (χ0v) is 14.1. The Morgan fingerprint density at radius 3 is 2.96 bits per heavy atom. The number of piperazine rings is 1. The van der Waals surface area contributed by atoms with E-state index >= 15 is 0 Å². The Balaban J connectivity index is 1.71. The van der Waals surface area contributed by atoms with Gasteiger partial charge in [-0.15, -0.1) is 0 Å². The molecule has 1 aromatic carbocycles. The minimum atomic E-state index is -0.220. The molecule has 7 heteroatoms. The highest BCUT2D eigenvalue weighted by Crippen LogP contribution is 2.20. The van der Waals surface area contributed by atoms with E-state index in [0.717, 1.165) is 29.9 Å². The molecule has 7 nitrogen and oxygen atoms in total. The molecule has 2 amide bonds. The van der Waals surface area contributed by atoms with Crippen LogP contribution in [0.5, 0.6) is 0 Å². The minimum absolute atomic E-state index is 0.0372. The number of rotatable bonds is 5. The number of benzene rings is 1. The van der Waals surface area contributed by atoms with Crippen LogP contribution in [0, 0.1) is 0 Å². The van der Waals surface area contributed by atoms with Crippen molar-refractivity contribution in [1.82, 2.24) is 25.1 Å². The number of aromatic nitrogens is 2. The van der Waals surface area contributed by atoms with E-state index in [1.165, 1.54) is 0 Å². The molecular weight excluding hydrogens is 306 g/mol. The first-order valence-electron chi connectivity index (χ1n) is 8.33. The van der Waals surface area contributed by atoms with E-state index in [0.29, 0.717) is 13.1 Å². The van der Waals surface area contributed by atoms with Gasteiger partial charge in [0.2, 0.25) is 11.8 Å². The summed E-state index contributed by atoms with van der Waals surface area (Å²) in [5, 5.41) is 5.96. The number of hydrogen-bond donors (Lipinski definition) is 2. The fourth-order valence-corrected chi connectivity index (χ4v) is 3.10. The molecule has 1 aliphatic rings. The van der Waals surface area contributed by atoms with E-state index in [1.54, 1.807) is 4.90 Å². The zero-order valence-electron chi connectivity index (χ0n) is 14.1. The predicted molar refractivity (Wildman–Crippen MR) is 91.4 cm³/mol. The molecule has 0 spiro atoms. The van der Waals surface area contributed by atoms with Crippen LogP contribution in [-0.2, 0) is 16.1 Å². The van der Waals surface area contributed by atoms with Gasteiger partial charge in [0.15, 0.2) is 0 Å². The lowest BCUT2D eigenvalue weighted by Crippen LogP contribution is -2.51. The van der Waals surface area contributed by atoms with Crippen LogP contribution in [0.1, 0.15) is 25.7 Å². The van der Waals surface area contributed by atoms with E-state index in [9.17, 15) is 9.59 Å². The molecule has 1 atom stereocenters. The van der Waals surface area contributed by atoms with Crippen LogP contribution in [-0.4, -0.2) is 52.4 Å². The van der Waals surface area contributed by atoms with Gasteiger partial charge in [0.05, 0.1) is 30.2 Å². The lowest BCUT2D eigenvalue weighted by atomic mass is 10.3. The second-order valence-electron chi connectivity index (χ2n) is 5.98. The predicted octanol–water partition coefficient (Wildman–Crippen LogP) is 0.665. The molecule has 0 saturated carbocycles. The number of carbonyl (C=O) groups is 2. The normalized spacial score (nSPS) is 16.4. The third-order valence-corrected chi connectivity index (χ3v) is 4.29. The molecule has 128 valence electrons. The average molecular weight is 329 g/mol. The molecule has 0 radical (unpaired) electrons. The van der Waals surface area contributed by atoms with Crippen molar-refractivity contribution in [2.75, 3.05) is 26.2 Å². The molecule has 24 heavy (non-hydrogen) atoms. The summed E-state index contributed by atoms with van der Waals surface area (Å²) in [6, 6.07) is 7.72. The monoisotopic (exact) mass is 329 g/mol. The van der Waals surface area contributed by atoms with Gasteiger partial charge in [0.1, 0.15) is 5.82 Å². The highest BCUT2D eigenvalue weighted by molar-refractivity contribution is 5.86. The van der Waals surface area contributed by atoms with Crippen molar-refractivity contribution < 1.29 is 9.59 Å². The van der Waals surface area contributed by atoms with Crippen molar-refractivity contribution in [3.8, 4) is 0 Å². The number of imidazole rings is 1. The molecule has 2 N–H and O–H groups in total. The van der Waals surface area contributed by atoms with Crippen LogP contribution >= 0.6 is 0 Å². The zero-order chi connectivity index (χ0) is 17.1. The number of hydrogen-bond acceptors (Lipinski definition) is 4. The van der Waals surface area contributed by atoms with Gasteiger partial charge in [0, 0.05) is 19.6 Å². The van der Waals surface area contributed by atoms with Crippen molar-refractivity contribution in [3.05, 3.63) is 30.1 Å². The summed E-state index contributed by atoms with van der Waals surface area (Å²) in [6.45, 7) is 6.45. The summed E-state index contributed by atoms with van der Waals surface area (Å²) in [5.41, 5.74) is 1.99. The van der Waals surface area contributed by atoms with E-state index < -0.39 is 0 Å². The molecule has 1 fully saturated rings. The van der Waals surface area contributed by atoms with Crippen molar-refractivity contribution >= 4 is 22.8 Å². The Morgan fingerprint density at radius 2 is 2.21 bits per heavy atom. The van der Waals surface area contributed by atoms with Gasteiger partial charge in [-0.2, -0.15) is 0 Å². The van der Waals surface area contributed by atoms with Gasteiger partial charge in [-0.25, -0.2) is 4.98 Å². The van der Waals surface area contributed by atoms with Crippen LogP contribution in [0.2, 0.25) is 0 Å². The molecule has 0 aliphatic carbocycles. The Kier molecular flexibility index (Phi) is 4.80. The number of fused-ring (bicyclic) bond motifs is 1. The fraction of sp³-hybridized carbons (Fsp3) is 0.471. The summed E-state index contributed by atoms with van der Waals surface area (Å²) in [6.07, 6.45) is 0. The summed E-state index contributed by atoms with van der Waals surface area (Å²) in [5.74, 6) is 0.635. The van der Waals surface area contributed by atoms with Crippen LogP contribution in [0.3, 0.4) is 0 Å². The van der Waals surface area contributed by atoms with Crippen molar-refractivity contribution in [1.29, 1.82) is 0 Å². The SMILES string of the molecule is CCn1c(C(C)NC(=O)CN2CCNCC2=O)nc2ccccc21. The second kappa shape index (κ2) is 7.00. The third kappa shape index (κ3) is 3.26. The maximum absolute atomic E-state index is 12.3. The first kappa shape index (κ1) is 16.4. The number of aryl methyl sites for hydroxylation is 1. The maximum atomic E-state index is 12.3. The smallest absolute Gasteiger partial charge is 0.240 e. The Hall–Kier alpha value is -2.41. The number of nitrogens with zero attached hydrogens (tertiary/aromatic N) is 3. The summed E-state index contributed by atoms with van der Waals surface area (Å²) in [4.78, 5) is 30.3. The molecular formula is C17H23N5O2. The van der Waals surface area contributed by atoms with Gasteiger partial charge >= 0.3 is 0 Å². The topological polar surface area (TPSA) is 79.3 Å². The molecule has 3 rings (SSSR count). The molecule has 2 heterocycles. The standard InChI is InChI=1S/C17H23N5O2/c1-3-22-14-7-5-4-6-13(14)20-17(22)12(2)19-15(23)11-21-9-8-18-10-16(21)24/h4-7,12,18H,3,8-11H2,1-2H3,(H,19,23). The number of nitrogens with one attached hydrogen (secondary N) is 2. The molecule has 1 unspecified atom stereocenters. The van der Waals surface area contributed by atoms with Crippen LogP contribution in [0.4, 0.5) is 0 Å². The maximum Gasteiger partial charge on any atom is 0.240 e. The lowest BCUT2D eigenvalue weighted by Gasteiger charge is -2.27. The lowest BCUT2D eigenvalue weighted by molar-refractivity contribution is -0.136. The molecule has 1 aliphatic heterocycles. The summed E-state index contributed by atoms with van der Waals surface area (Å²) < 4.78 is 2.11. The average Bonchev–Trinajstić information content (AvgIpc) is 2.95. The first-order chi connectivity index (χ1) is 11.6. The summed E-state index contributed by atoms with van der Waals surface area (Å²) in [7, 11) is 0. The molecule has 1 aromatic heterocycles. The second-order valence-corrected chi connectivity index (χ2v) is 5.98. The quantitative estimate of drug-likeness (QED) is 0.845. The summed E-state index contributed by atoms with van der Waals surface area (Å²) >= 11 is 0. The highest BCUT2D eigenvalue weighted by Gasteiger charge is 2.22. The molecule has 1 saturated heterocycles. The Labute approximate surface area is 141 Å². The van der Waals surface area contributed by atoms with E-state index in [2.05, 4.69) is 27.1 Å². The Bertz CT molecular complexity index is 755. The van der Waals surface area contributed by atoms with Crippen LogP contribution in [0.25, 0.3) is 11.0 Å². The Morgan fingerprint density at radius 1 is 1.42 bits per heavy atom. The van der Waals surface area contributed by atoms with Crippen molar-refractivity contribution in [2.24, 2.45) is 0 Å². The largest absolute Gasteiger partial charge is 0.345 e. The van der Waals surface area contributed by atoms with Gasteiger partial charge in [-0.05, 0) is 26.0 Å². The van der Waals surface area contributed by atoms with Gasteiger partial charge in [-0.1, -0.05) is 12.1 Å². The minimum Gasteiger partial charge on any atom is -0.345 e. The van der Waals surface area contributed by atoms with Crippen LogP contribution in [0.15, 0.2) is 24.3 Å². The molecule has 0 bridgehead atoms. The van der Waals surface area contributed by atoms with E-state index in [4.69, 9.17) is 0 Å². The number of amides is 2. The van der Waals surface area contributed by atoms with E-state index in [1.807, 2.05) is 31.2 Å². The van der Waals surface area contributed by atoms with E-state index in [-0.39, 0.29) is 24.4 Å². The first-order valence-corrected chi connectivity index (χ1v) is 8.33. The van der Waals surface area contributed by atoms with Gasteiger partial charge in [-0.3, -0.25) is 9.59 Å². The van der Waals surface area contributed by atoms with Gasteiger partial charge in [0.25, 0.3) is 0 Å². The molecule has 2 aromatic rings. The van der Waals surface area contributed by atoms with Gasteiger partial charge < -0.3 is 20.1 Å². The third-order valence-electron chi connectivity index (χ3n) is 4.29.